The molecular formula is C10H18N2O2. The third-order valence-corrected chi connectivity index (χ3v) is 2.33. The Morgan fingerprint density at radius 2 is 2.00 bits per heavy atom. The Kier molecular flexibility index (Phi) is 3.92. The second-order valence-corrected chi connectivity index (χ2v) is 3.58. The molecule has 14 heavy (non-hydrogen) atoms. The lowest BCUT2D eigenvalue weighted by Crippen LogP contribution is -2.41. The zero-order chi connectivity index (χ0) is 10.6. The van der Waals surface area contributed by atoms with Crippen LogP contribution in [0.2, 0.25) is 0 Å². The summed E-state index contributed by atoms with van der Waals surface area (Å²) in [5.74, 6) is 0.270. The molecule has 0 spiro atoms. The summed E-state index contributed by atoms with van der Waals surface area (Å²) in [5, 5.41) is 2.69. The topological polar surface area (TPSA) is 49.4 Å². The molecule has 2 amide bonds. The number of likely N-dealkylation sites (N-methyl/N-ethyl adjacent to an activating group) is 2. The van der Waals surface area contributed by atoms with E-state index < -0.39 is 0 Å². The fourth-order valence-corrected chi connectivity index (χ4v) is 1.36. The molecule has 1 aliphatic carbocycles. The molecule has 0 unspecified atom stereocenters. The molecule has 0 atom stereocenters. The molecule has 0 aliphatic heterocycles. The summed E-state index contributed by atoms with van der Waals surface area (Å²) in [6, 6.07) is 0. The largest absolute Gasteiger partial charge is 0.355 e. The van der Waals surface area contributed by atoms with E-state index in [2.05, 4.69) is 5.32 Å². The smallest absolute Gasteiger partial charge is 0.239 e. The van der Waals surface area contributed by atoms with Crippen LogP contribution in [0.15, 0.2) is 0 Å². The predicted octanol–water partition coefficient (Wildman–Crippen LogP) is 0.381. The number of carbonyl (C=O) groups is 2. The number of hydrogen-bond acceptors (Lipinski definition) is 2. The first-order chi connectivity index (χ1) is 6.69. The molecule has 1 fully saturated rings. The van der Waals surface area contributed by atoms with Crippen molar-refractivity contribution < 1.29 is 9.59 Å². The van der Waals surface area contributed by atoms with E-state index in [9.17, 15) is 9.59 Å². The third-order valence-electron chi connectivity index (χ3n) is 2.33. The minimum absolute atomic E-state index is 0.0663. The molecule has 4 heteroatoms. The molecule has 1 saturated carbocycles. The lowest BCUT2D eigenvalue weighted by atomic mass is 10.3. The highest BCUT2D eigenvalue weighted by molar-refractivity contribution is 5.86. The number of hydrogen-bond donors (Lipinski definition) is 1. The van der Waals surface area contributed by atoms with E-state index in [1.165, 1.54) is 0 Å². The molecule has 0 radical (unpaired) electrons. The fraction of sp³-hybridized carbons (Fsp3) is 0.800. The highest BCUT2D eigenvalue weighted by Gasteiger charge is 2.33. The quantitative estimate of drug-likeness (QED) is 0.694. The Labute approximate surface area is 84.7 Å². The Morgan fingerprint density at radius 1 is 1.36 bits per heavy atom. The second kappa shape index (κ2) is 4.98. The summed E-state index contributed by atoms with van der Waals surface area (Å²) in [7, 11) is 0. The molecule has 4 nitrogen and oxygen atoms in total. The first-order valence-corrected chi connectivity index (χ1v) is 5.24. The van der Waals surface area contributed by atoms with Crippen molar-refractivity contribution in [2.45, 2.75) is 26.7 Å². The van der Waals surface area contributed by atoms with Crippen molar-refractivity contribution in [3.8, 4) is 0 Å². The molecule has 1 aliphatic rings. The van der Waals surface area contributed by atoms with Gasteiger partial charge in [-0.3, -0.25) is 9.59 Å². The maximum atomic E-state index is 11.6. The van der Waals surface area contributed by atoms with Gasteiger partial charge in [0.25, 0.3) is 0 Å². The van der Waals surface area contributed by atoms with Gasteiger partial charge in [-0.05, 0) is 26.7 Å². The summed E-state index contributed by atoms with van der Waals surface area (Å²) in [6.45, 7) is 5.22. The standard InChI is InChI=1S/C10H18N2O2/c1-3-11-9(13)7-12(4-2)10(14)8-5-6-8/h8H,3-7H2,1-2H3,(H,11,13). The molecule has 0 bridgehead atoms. The van der Waals surface area contributed by atoms with E-state index >= 15 is 0 Å². The van der Waals surface area contributed by atoms with Crippen LogP contribution in [0, 0.1) is 5.92 Å². The van der Waals surface area contributed by atoms with Crippen LogP contribution < -0.4 is 5.32 Å². The lowest BCUT2D eigenvalue weighted by molar-refractivity contribution is -0.136. The van der Waals surface area contributed by atoms with Crippen molar-refractivity contribution >= 4 is 11.8 Å². The number of nitrogens with zero attached hydrogens (tertiary/aromatic N) is 1. The highest BCUT2D eigenvalue weighted by atomic mass is 16.2. The van der Waals surface area contributed by atoms with Crippen molar-refractivity contribution in [3.05, 3.63) is 0 Å². The van der Waals surface area contributed by atoms with Crippen LogP contribution in [-0.4, -0.2) is 36.3 Å². The molecule has 0 aromatic heterocycles. The number of carbonyl (C=O) groups excluding carboxylic acids is 2. The van der Waals surface area contributed by atoms with Gasteiger partial charge >= 0.3 is 0 Å². The summed E-state index contributed by atoms with van der Waals surface area (Å²) >= 11 is 0. The summed E-state index contributed by atoms with van der Waals surface area (Å²) in [6.07, 6.45) is 1.98. The van der Waals surface area contributed by atoms with Gasteiger partial charge in [0, 0.05) is 19.0 Å². The second-order valence-electron chi connectivity index (χ2n) is 3.58. The van der Waals surface area contributed by atoms with E-state index in [0.717, 1.165) is 12.8 Å². The average Bonchev–Trinajstić information content (AvgIpc) is 2.96. The molecule has 0 heterocycles. The fourth-order valence-electron chi connectivity index (χ4n) is 1.36. The SMILES string of the molecule is CCNC(=O)CN(CC)C(=O)C1CC1. The summed E-state index contributed by atoms with van der Waals surface area (Å²) < 4.78 is 0. The number of amides is 2. The maximum Gasteiger partial charge on any atom is 0.239 e. The Balaban J connectivity index is 2.37. The Hall–Kier alpha value is -1.06. The highest BCUT2D eigenvalue weighted by Crippen LogP contribution is 2.30. The average molecular weight is 198 g/mol. The van der Waals surface area contributed by atoms with Crippen molar-refractivity contribution in [1.82, 2.24) is 10.2 Å². The lowest BCUT2D eigenvalue weighted by Gasteiger charge is -2.19. The normalized spacial score (nSPS) is 15.0. The third kappa shape index (κ3) is 3.01. The monoisotopic (exact) mass is 198 g/mol. The number of rotatable bonds is 5. The molecule has 0 saturated heterocycles. The zero-order valence-electron chi connectivity index (χ0n) is 8.88. The van der Waals surface area contributed by atoms with Crippen LogP contribution in [0.1, 0.15) is 26.7 Å². The van der Waals surface area contributed by atoms with Crippen LogP contribution in [0.3, 0.4) is 0 Å². The predicted molar refractivity (Wildman–Crippen MR) is 53.7 cm³/mol. The molecule has 80 valence electrons. The Morgan fingerprint density at radius 3 is 2.43 bits per heavy atom. The van der Waals surface area contributed by atoms with Crippen molar-refractivity contribution in [1.29, 1.82) is 0 Å². The van der Waals surface area contributed by atoms with Gasteiger partial charge in [-0.25, -0.2) is 0 Å². The maximum absolute atomic E-state index is 11.6. The minimum Gasteiger partial charge on any atom is -0.355 e. The van der Waals surface area contributed by atoms with Crippen LogP contribution in [-0.2, 0) is 9.59 Å². The van der Waals surface area contributed by atoms with Crippen LogP contribution in [0.4, 0.5) is 0 Å². The van der Waals surface area contributed by atoms with E-state index in [1.54, 1.807) is 4.90 Å². The summed E-state index contributed by atoms with van der Waals surface area (Å²) in [5.41, 5.74) is 0. The molecule has 0 aromatic carbocycles. The van der Waals surface area contributed by atoms with Crippen LogP contribution in [0.25, 0.3) is 0 Å². The van der Waals surface area contributed by atoms with E-state index in [1.807, 2.05) is 13.8 Å². The van der Waals surface area contributed by atoms with Crippen molar-refractivity contribution in [2.24, 2.45) is 5.92 Å². The van der Waals surface area contributed by atoms with Gasteiger partial charge in [-0.15, -0.1) is 0 Å². The first-order valence-electron chi connectivity index (χ1n) is 5.24. The molecule has 0 aromatic rings. The number of nitrogens with one attached hydrogen (secondary N) is 1. The van der Waals surface area contributed by atoms with E-state index in [0.29, 0.717) is 13.1 Å². The van der Waals surface area contributed by atoms with Gasteiger partial charge in [0.1, 0.15) is 0 Å². The molecule has 1 N–H and O–H groups in total. The van der Waals surface area contributed by atoms with Crippen molar-refractivity contribution in [2.75, 3.05) is 19.6 Å². The van der Waals surface area contributed by atoms with E-state index in [-0.39, 0.29) is 24.3 Å². The van der Waals surface area contributed by atoms with Crippen molar-refractivity contribution in [3.63, 3.8) is 0 Å². The Bertz CT molecular complexity index is 224. The molecule has 1 rings (SSSR count). The molecular weight excluding hydrogens is 180 g/mol. The zero-order valence-corrected chi connectivity index (χ0v) is 8.88. The first kappa shape index (κ1) is 11.0. The van der Waals surface area contributed by atoms with Gasteiger partial charge in [0.05, 0.1) is 6.54 Å². The summed E-state index contributed by atoms with van der Waals surface area (Å²) in [4.78, 5) is 24.5. The van der Waals surface area contributed by atoms with Crippen LogP contribution >= 0.6 is 0 Å². The van der Waals surface area contributed by atoms with Gasteiger partial charge < -0.3 is 10.2 Å². The van der Waals surface area contributed by atoms with Gasteiger partial charge in [0.15, 0.2) is 0 Å². The minimum atomic E-state index is -0.0663. The van der Waals surface area contributed by atoms with Gasteiger partial charge in [-0.1, -0.05) is 0 Å². The van der Waals surface area contributed by atoms with Crippen LogP contribution in [0.5, 0.6) is 0 Å². The van der Waals surface area contributed by atoms with E-state index in [4.69, 9.17) is 0 Å². The van der Waals surface area contributed by atoms with Gasteiger partial charge in [0.2, 0.25) is 11.8 Å². The van der Waals surface area contributed by atoms with Gasteiger partial charge in [-0.2, -0.15) is 0 Å².